The van der Waals surface area contributed by atoms with Crippen LogP contribution in [-0.4, -0.2) is 30.6 Å². The molecule has 0 aliphatic carbocycles. The summed E-state index contributed by atoms with van der Waals surface area (Å²) < 4.78 is 0. The van der Waals surface area contributed by atoms with Crippen LogP contribution in [0.4, 0.5) is 0 Å². The number of piperidine rings is 1. The molecule has 1 heterocycles. The number of hydrogen-bond donors (Lipinski definition) is 1. The highest BCUT2D eigenvalue weighted by Gasteiger charge is 2.21. The van der Waals surface area contributed by atoms with Gasteiger partial charge in [0.05, 0.1) is 0 Å². The quantitative estimate of drug-likeness (QED) is 0.861. The van der Waals surface area contributed by atoms with Crippen LogP contribution < -0.4 is 5.32 Å². The summed E-state index contributed by atoms with van der Waals surface area (Å²) >= 11 is 0. The highest BCUT2D eigenvalue weighted by atomic mass is 15.1. The third kappa shape index (κ3) is 3.55. The largest absolute Gasteiger partial charge is 0.314 e. The Morgan fingerprint density at radius 3 is 2.94 bits per heavy atom. The molecule has 0 radical (unpaired) electrons. The van der Waals surface area contributed by atoms with Gasteiger partial charge in [0.2, 0.25) is 0 Å². The normalized spacial score (nSPS) is 25.2. The lowest BCUT2D eigenvalue weighted by molar-refractivity contribution is 0.172. The number of benzene rings is 1. The third-order valence-electron chi connectivity index (χ3n) is 3.73. The van der Waals surface area contributed by atoms with Gasteiger partial charge in [-0.05, 0) is 45.8 Å². The molecule has 2 rings (SSSR count). The van der Waals surface area contributed by atoms with Gasteiger partial charge in [0.1, 0.15) is 0 Å². The minimum atomic E-state index is 0.661. The molecule has 1 aromatic carbocycles. The molecule has 0 aromatic heterocycles. The van der Waals surface area contributed by atoms with Gasteiger partial charge in [0.25, 0.3) is 0 Å². The van der Waals surface area contributed by atoms with E-state index in [-0.39, 0.29) is 0 Å². The Morgan fingerprint density at radius 1 is 1.41 bits per heavy atom. The van der Waals surface area contributed by atoms with Gasteiger partial charge < -0.3 is 5.32 Å². The van der Waals surface area contributed by atoms with E-state index in [0.29, 0.717) is 6.04 Å². The first-order valence-corrected chi connectivity index (χ1v) is 6.64. The van der Waals surface area contributed by atoms with Crippen LogP contribution in [0.15, 0.2) is 24.3 Å². The molecule has 2 atom stereocenters. The first-order chi connectivity index (χ1) is 8.15. The Kier molecular flexibility index (Phi) is 4.19. The molecule has 1 aliphatic rings. The van der Waals surface area contributed by atoms with Crippen LogP contribution in [0, 0.1) is 6.92 Å². The fourth-order valence-electron chi connectivity index (χ4n) is 2.73. The zero-order valence-electron chi connectivity index (χ0n) is 11.2. The van der Waals surface area contributed by atoms with Gasteiger partial charge in [0, 0.05) is 18.6 Å². The summed E-state index contributed by atoms with van der Waals surface area (Å²) in [4.78, 5) is 2.51. The predicted octanol–water partition coefficient (Wildman–Crippen LogP) is 2.57. The monoisotopic (exact) mass is 232 g/mol. The average molecular weight is 232 g/mol. The van der Waals surface area contributed by atoms with Gasteiger partial charge in [0.15, 0.2) is 0 Å². The molecule has 1 saturated heterocycles. The third-order valence-corrected chi connectivity index (χ3v) is 3.73. The molecule has 0 saturated carbocycles. The minimum absolute atomic E-state index is 0.661. The standard InChI is InChI=1S/C15H24N2/c1-12-5-4-6-14(9-12)11-17(3)15-7-8-16-13(2)10-15/h4-6,9,13,15-16H,7-8,10-11H2,1-3H3/t13-,15-/m0/s1. The van der Waals surface area contributed by atoms with Crippen LogP contribution in [-0.2, 0) is 6.54 Å². The molecular weight excluding hydrogens is 208 g/mol. The van der Waals surface area contributed by atoms with E-state index in [0.717, 1.165) is 19.1 Å². The summed E-state index contributed by atoms with van der Waals surface area (Å²) in [6, 6.07) is 10.2. The van der Waals surface area contributed by atoms with Gasteiger partial charge in [-0.2, -0.15) is 0 Å². The van der Waals surface area contributed by atoms with Crippen molar-refractivity contribution in [1.82, 2.24) is 10.2 Å². The van der Waals surface area contributed by atoms with Gasteiger partial charge >= 0.3 is 0 Å². The number of aryl methyl sites for hydroxylation is 1. The van der Waals surface area contributed by atoms with Gasteiger partial charge in [-0.1, -0.05) is 29.8 Å². The zero-order valence-corrected chi connectivity index (χ0v) is 11.2. The van der Waals surface area contributed by atoms with Crippen molar-refractivity contribution in [3.63, 3.8) is 0 Å². The van der Waals surface area contributed by atoms with Gasteiger partial charge in [-0.3, -0.25) is 4.90 Å². The second-order valence-corrected chi connectivity index (χ2v) is 5.44. The molecule has 17 heavy (non-hydrogen) atoms. The molecule has 1 N–H and O–H groups in total. The Labute approximate surface area is 105 Å². The first kappa shape index (κ1) is 12.6. The highest BCUT2D eigenvalue weighted by molar-refractivity contribution is 5.22. The summed E-state index contributed by atoms with van der Waals surface area (Å²) in [6.45, 7) is 6.67. The zero-order chi connectivity index (χ0) is 12.3. The highest BCUT2D eigenvalue weighted by Crippen LogP contribution is 2.17. The van der Waals surface area contributed by atoms with Crippen molar-refractivity contribution in [2.24, 2.45) is 0 Å². The lowest BCUT2D eigenvalue weighted by Gasteiger charge is -2.34. The van der Waals surface area contributed by atoms with E-state index in [1.54, 1.807) is 0 Å². The molecule has 2 heteroatoms. The maximum absolute atomic E-state index is 3.51. The Hall–Kier alpha value is -0.860. The summed E-state index contributed by atoms with van der Waals surface area (Å²) in [7, 11) is 2.26. The van der Waals surface area contributed by atoms with Crippen LogP contribution in [0.3, 0.4) is 0 Å². The van der Waals surface area contributed by atoms with Crippen molar-refractivity contribution >= 4 is 0 Å². The Bertz CT molecular complexity index is 362. The number of nitrogens with one attached hydrogen (secondary N) is 1. The van der Waals surface area contributed by atoms with E-state index < -0.39 is 0 Å². The van der Waals surface area contributed by atoms with Gasteiger partial charge in [-0.25, -0.2) is 0 Å². The van der Waals surface area contributed by atoms with Crippen molar-refractivity contribution in [3.8, 4) is 0 Å². The average Bonchev–Trinajstić information content (AvgIpc) is 2.29. The second kappa shape index (κ2) is 5.65. The predicted molar refractivity (Wildman–Crippen MR) is 73.1 cm³/mol. The fraction of sp³-hybridized carbons (Fsp3) is 0.600. The van der Waals surface area contributed by atoms with Crippen LogP contribution in [0.25, 0.3) is 0 Å². The SMILES string of the molecule is Cc1cccc(CN(C)[C@H]2CCN[C@@H](C)C2)c1. The van der Waals surface area contributed by atoms with Gasteiger partial charge in [-0.15, -0.1) is 0 Å². The maximum Gasteiger partial charge on any atom is 0.0233 e. The number of hydrogen-bond acceptors (Lipinski definition) is 2. The van der Waals surface area contributed by atoms with Crippen LogP contribution in [0.1, 0.15) is 30.9 Å². The first-order valence-electron chi connectivity index (χ1n) is 6.64. The van der Waals surface area contributed by atoms with Crippen LogP contribution >= 0.6 is 0 Å². The molecule has 94 valence electrons. The van der Waals surface area contributed by atoms with Crippen molar-refractivity contribution in [3.05, 3.63) is 35.4 Å². The molecule has 1 aliphatic heterocycles. The molecule has 0 spiro atoms. The molecular formula is C15H24N2. The van der Waals surface area contributed by atoms with E-state index in [1.807, 2.05) is 0 Å². The second-order valence-electron chi connectivity index (χ2n) is 5.44. The Morgan fingerprint density at radius 2 is 2.24 bits per heavy atom. The lowest BCUT2D eigenvalue weighted by atomic mass is 9.99. The Balaban J connectivity index is 1.94. The lowest BCUT2D eigenvalue weighted by Crippen LogP contribution is -2.45. The minimum Gasteiger partial charge on any atom is -0.314 e. The topological polar surface area (TPSA) is 15.3 Å². The van der Waals surface area contributed by atoms with Crippen molar-refractivity contribution < 1.29 is 0 Å². The molecule has 1 aromatic rings. The molecule has 1 fully saturated rings. The summed E-state index contributed by atoms with van der Waals surface area (Å²) in [5.74, 6) is 0. The van der Waals surface area contributed by atoms with Crippen molar-refractivity contribution in [2.45, 2.75) is 45.3 Å². The molecule has 0 bridgehead atoms. The summed E-state index contributed by atoms with van der Waals surface area (Å²) in [5, 5.41) is 3.51. The molecule has 2 nitrogen and oxygen atoms in total. The van der Waals surface area contributed by atoms with Crippen LogP contribution in [0.5, 0.6) is 0 Å². The van der Waals surface area contributed by atoms with E-state index in [1.165, 1.54) is 24.0 Å². The van der Waals surface area contributed by atoms with Crippen LogP contribution in [0.2, 0.25) is 0 Å². The summed E-state index contributed by atoms with van der Waals surface area (Å²) in [5.41, 5.74) is 2.79. The molecule has 0 amide bonds. The van der Waals surface area contributed by atoms with Crippen molar-refractivity contribution in [1.29, 1.82) is 0 Å². The van der Waals surface area contributed by atoms with E-state index in [9.17, 15) is 0 Å². The summed E-state index contributed by atoms with van der Waals surface area (Å²) in [6.07, 6.45) is 2.54. The molecule has 0 unspecified atom stereocenters. The number of rotatable bonds is 3. The van der Waals surface area contributed by atoms with E-state index in [2.05, 4.69) is 55.4 Å². The van der Waals surface area contributed by atoms with Crippen molar-refractivity contribution in [2.75, 3.05) is 13.6 Å². The van der Waals surface area contributed by atoms with E-state index >= 15 is 0 Å². The maximum atomic E-state index is 3.51. The smallest absolute Gasteiger partial charge is 0.0233 e. The fourth-order valence-corrected chi connectivity index (χ4v) is 2.73. The van der Waals surface area contributed by atoms with E-state index in [4.69, 9.17) is 0 Å². The number of nitrogens with zero attached hydrogens (tertiary/aromatic N) is 1.